The highest BCUT2D eigenvalue weighted by Gasteiger charge is 2.03. The first-order valence-electron chi connectivity index (χ1n) is 6.97. The predicted molar refractivity (Wildman–Crippen MR) is 81.7 cm³/mol. The molecule has 1 aromatic carbocycles. The molecule has 3 aromatic rings. The molecule has 20 heavy (non-hydrogen) atoms. The maximum Gasteiger partial charge on any atom is 0.0534 e. The van der Waals surface area contributed by atoms with Gasteiger partial charge < -0.3 is 10.3 Å². The number of hydrogen-bond acceptors (Lipinski definition) is 2. The first-order chi connectivity index (χ1) is 9.72. The molecule has 0 atom stereocenters. The van der Waals surface area contributed by atoms with Crippen LogP contribution in [0.1, 0.15) is 16.7 Å². The van der Waals surface area contributed by atoms with E-state index in [0.29, 0.717) is 0 Å². The third kappa shape index (κ3) is 2.75. The van der Waals surface area contributed by atoms with Gasteiger partial charge in [0.1, 0.15) is 0 Å². The van der Waals surface area contributed by atoms with Crippen molar-refractivity contribution in [2.45, 2.75) is 19.9 Å². The molecule has 4 nitrogen and oxygen atoms in total. The van der Waals surface area contributed by atoms with Gasteiger partial charge in [-0.2, -0.15) is 5.10 Å². The smallest absolute Gasteiger partial charge is 0.0534 e. The third-order valence-electron chi connectivity index (χ3n) is 3.58. The van der Waals surface area contributed by atoms with Crippen molar-refractivity contribution in [1.82, 2.24) is 20.1 Å². The van der Waals surface area contributed by atoms with E-state index in [2.05, 4.69) is 46.7 Å². The lowest BCUT2D eigenvalue weighted by molar-refractivity contribution is 0.687. The molecule has 2 aromatic heterocycles. The predicted octanol–water partition coefficient (Wildman–Crippen LogP) is 2.54. The molecule has 3 rings (SSSR count). The van der Waals surface area contributed by atoms with Gasteiger partial charge in [0.05, 0.1) is 6.20 Å². The second-order valence-corrected chi connectivity index (χ2v) is 5.31. The van der Waals surface area contributed by atoms with Crippen LogP contribution in [0.4, 0.5) is 0 Å². The molecule has 0 saturated heterocycles. The molecule has 0 bridgehead atoms. The first kappa shape index (κ1) is 12.9. The van der Waals surface area contributed by atoms with E-state index in [0.717, 1.165) is 19.5 Å². The van der Waals surface area contributed by atoms with Gasteiger partial charge in [-0.25, -0.2) is 0 Å². The summed E-state index contributed by atoms with van der Waals surface area (Å²) in [4.78, 5) is 3.35. The average Bonchev–Trinajstić information content (AvgIpc) is 3.01. The van der Waals surface area contributed by atoms with E-state index in [9.17, 15) is 0 Å². The molecule has 104 valence electrons. The van der Waals surface area contributed by atoms with Crippen molar-refractivity contribution in [3.05, 3.63) is 53.5 Å². The largest absolute Gasteiger partial charge is 0.361 e. The Kier molecular flexibility index (Phi) is 3.56. The third-order valence-corrected chi connectivity index (χ3v) is 3.58. The molecular weight excluding hydrogens is 248 g/mol. The zero-order valence-corrected chi connectivity index (χ0v) is 12.0. The van der Waals surface area contributed by atoms with Crippen LogP contribution in [0.25, 0.3) is 10.9 Å². The van der Waals surface area contributed by atoms with Gasteiger partial charge in [0, 0.05) is 42.5 Å². The van der Waals surface area contributed by atoms with Crippen molar-refractivity contribution in [2.24, 2.45) is 7.05 Å². The van der Waals surface area contributed by atoms with Gasteiger partial charge >= 0.3 is 0 Å². The van der Waals surface area contributed by atoms with Crippen LogP contribution < -0.4 is 5.32 Å². The summed E-state index contributed by atoms with van der Waals surface area (Å²) in [7, 11) is 1.94. The molecular formula is C16H20N4. The molecule has 0 spiro atoms. The number of rotatable bonds is 5. The quantitative estimate of drug-likeness (QED) is 0.699. The highest BCUT2D eigenvalue weighted by Crippen LogP contribution is 2.19. The number of H-pyrrole nitrogens is 1. The van der Waals surface area contributed by atoms with E-state index in [-0.39, 0.29) is 0 Å². The number of nitrogens with one attached hydrogen (secondary N) is 2. The van der Waals surface area contributed by atoms with E-state index >= 15 is 0 Å². The van der Waals surface area contributed by atoms with E-state index in [4.69, 9.17) is 0 Å². The van der Waals surface area contributed by atoms with Crippen LogP contribution in [0.5, 0.6) is 0 Å². The molecule has 2 N–H and O–H groups in total. The van der Waals surface area contributed by atoms with Crippen LogP contribution in [0, 0.1) is 6.92 Å². The molecule has 0 aliphatic heterocycles. The maximum absolute atomic E-state index is 4.17. The molecule has 0 radical (unpaired) electrons. The summed E-state index contributed by atoms with van der Waals surface area (Å²) in [6.45, 7) is 3.96. The minimum absolute atomic E-state index is 0.870. The van der Waals surface area contributed by atoms with E-state index < -0.39 is 0 Å². The Bertz CT molecular complexity index is 708. The lowest BCUT2D eigenvalue weighted by Crippen LogP contribution is -2.16. The molecule has 0 amide bonds. The van der Waals surface area contributed by atoms with E-state index in [1.165, 1.54) is 27.6 Å². The summed E-state index contributed by atoms with van der Waals surface area (Å²) in [6, 6.07) is 6.57. The first-order valence-corrected chi connectivity index (χ1v) is 6.97. The molecule has 0 aliphatic rings. The van der Waals surface area contributed by atoms with Gasteiger partial charge in [0.15, 0.2) is 0 Å². The Hall–Kier alpha value is -2.07. The maximum atomic E-state index is 4.17. The van der Waals surface area contributed by atoms with Gasteiger partial charge in [-0.1, -0.05) is 12.1 Å². The summed E-state index contributed by atoms with van der Waals surface area (Å²) < 4.78 is 1.83. The lowest BCUT2D eigenvalue weighted by Gasteiger charge is -2.02. The highest BCUT2D eigenvalue weighted by atomic mass is 15.2. The molecule has 2 heterocycles. The number of nitrogens with zero attached hydrogens (tertiary/aromatic N) is 2. The fourth-order valence-electron chi connectivity index (χ4n) is 2.53. The van der Waals surface area contributed by atoms with Crippen LogP contribution >= 0.6 is 0 Å². The number of benzene rings is 1. The molecule has 0 saturated carbocycles. The second kappa shape index (κ2) is 5.51. The van der Waals surface area contributed by atoms with Crippen LogP contribution in [0.3, 0.4) is 0 Å². The molecule has 0 fully saturated rings. The normalized spacial score (nSPS) is 11.3. The summed E-state index contributed by atoms with van der Waals surface area (Å²) >= 11 is 0. The number of fused-ring (bicyclic) bond motifs is 1. The molecule has 0 aliphatic carbocycles. The number of aromatic amines is 1. The van der Waals surface area contributed by atoms with Gasteiger partial charge in [0.25, 0.3) is 0 Å². The van der Waals surface area contributed by atoms with Crippen molar-refractivity contribution in [3.63, 3.8) is 0 Å². The van der Waals surface area contributed by atoms with Crippen LogP contribution in [0.2, 0.25) is 0 Å². The van der Waals surface area contributed by atoms with Crippen LogP contribution in [-0.2, 0) is 20.0 Å². The number of aryl methyl sites for hydroxylation is 2. The Morgan fingerprint density at radius 2 is 2.25 bits per heavy atom. The van der Waals surface area contributed by atoms with Crippen molar-refractivity contribution < 1.29 is 0 Å². The summed E-state index contributed by atoms with van der Waals surface area (Å²) in [6.07, 6.45) is 7.10. The van der Waals surface area contributed by atoms with Crippen molar-refractivity contribution in [3.8, 4) is 0 Å². The van der Waals surface area contributed by atoms with E-state index in [1.807, 2.05) is 24.1 Å². The average molecular weight is 268 g/mol. The van der Waals surface area contributed by atoms with Crippen molar-refractivity contribution in [2.75, 3.05) is 6.54 Å². The number of hydrogen-bond donors (Lipinski definition) is 2. The number of aromatic nitrogens is 3. The van der Waals surface area contributed by atoms with Gasteiger partial charge in [-0.05, 0) is 37.1 Å². The standard InChI is InChI=1S/C16H20N4/c1-12-3-4-15-14(10-18-16(15)7-12)5-6-17-8-13-9-19-20(2)11-13/h3-4,7,9-11,17-18H,5-6,8H2,1-2H3. The second-order valence-electron chi connectivity index (χ2n) is 5.31. The fourth-order valence-corrected chi connectivity index (χ4v) is 2.53. The molecule has 0 unspecified atom stereocenters. The van der Waals surface area contributed by atoms with Gasteiger partial charge in [0.2, 0.25) is 0 Å². The Balaban J connectivity index is 1.57. The van der Waals surface area contributed by atoms with Crippen molar-refractivity contribution >= 4 is 10.9 Å². The summed E-state index contributed by atoms with van der Waals surface area (Å²) in [5.74, 6) is 0. The van der Waals surface area contributed by atoms with E-state index in [1.54, 1.807) is 0 Å². The Morgan fingerprint density at radius 1 is 1.35 bits per heavy atom. The Labute approximate surface area is 118 Å². The zero-order valence-electron chi connectivity index (χ0n) is 12.0. The SMILES string of the molecule is Cc1ccc2c(CCNCc3cnn(C)c3)c[nH]c2c1. The van der Waals surface area contributed by atoms with Gasteiger partial charge in [-0.3, -0.25) is 4.68 Å². The Morgan fingerprint density at radius 3 is 3.05 bits per heavy atom. The summed E-state index contributed by atoms with van der Waals surface area (Å²) in [5, 5.41) is 8.96. The summed E-state index contributed by atoms with van der Waals surface area (Å²) in [5.41, 5.74) is 5.12. The van der Waals surface area contributed by atoms with Crippen molar-refractivity contribution in [1.29, 1.82) is 0 Å². The van der Waals surface area contributed by atoms with Crippen LogP contribution in [-0.4, -0.2) is 21.3 Å². The molecule has 4 heteroatoms. The highest BCUT2D eigenvalue weighted by molar-refractivity contribution is 5.83. The van der Waals surface area contributed by atoms with Crippen LogP contribution in [0.15, 0.2) is 36.8 Å². The fraction of sp³-hybridized carbons (Fsp3) is 0.312. The lowest BCUT2D eigenvalue weighted by atomic mass is 10.1. The van der Waals surface area contributed by atoms with Gasteiger partial charge in [-0.15, -0.1) is 0 Å². The zero-order chi connectivity index (χ0) is 13.9. The minimum Gasteiger partial charge on any atom is -0.361 e. The minimum atomic E-state index is 0.870. The monoisotopic (exact) mass is 268 g/mol. The topological polar surface area (TPSA) is 45.6 Å².